The average molecular weight is 314 g/mol. The van der Waals surface area contributed by atoms with Gasteiger partial charge in [0.1, 0.15) is 0 Å². The van der Waals surface area contributed by atoms with Crippen molar-refractivity contribution in [2.24, 2.45) is 0 Å². The third-order valence-corrected chi connectivity index (χ3v) is 4.19. The fourth-order valence-corrected chi connectivity index (χ4v) is 2.84. The summed E-state index contributed by atoms with van der Waals surface area (Å²) < 4.78 is 1.79. The van der Waals surface area contributed by atoms with E-state index in [2.05, 4.69) is 10.4 Å². The van der Waals surface area contributed by atoms with E-state index in [4.69, 9.17) is 0 Å². The normalized spacial score (nSPS) is 19.4. The maximum Gasteiger partial charge on any atom is 0.317 e. The standard InChI is InChI=1S/C17H22N4O2/c1-13(19-17(23)20-10-2-4-16(22)12-20)14-5-7-15(8-6-14)21-11-3-9-18-21/h3,5-9,11,13,16,22H,2,4,10,12H2,1H3,(H,19,23). The number of hydrogen-bond acceptors (Lipinski definition) is 3. The van der Waals surface area contributed by atoms with E-state index in [1.807, 2.05) is 43.5 Å². The Morgan fingerprint density at radius 3 is 2.83 bits per heavy atom. The second kappa shape index (κ2) is 6.83. The van der Waals surface area contributed by atoms with Crippen LogP contribution in [0.3, 0.4) is 0 Å². The number of nitrogens with zero attached hydrogens (tertiary/aromatic N) is 3. The number of carbonyl (C=O) groups is 1. The van der Waals surface area contributed by atoms with Crippen LogP contribution in [0.1, 0.15) is 31.4 Å². The molecule has 23 heavy (non-hydrogen) atoms. The fourth-order valence-electron chi connectivity index (χ4n) is 2.84. The van der Waals surface area contributed by atoms with Gasteiger partial charge in [0.15, 0.2) is 0 Å². The highest BCUT2D eigenvalue weighted by molar-refractivity contribution is 5.74. The molecule has 2 unspecified atom stereocenters. The number of β-amino-alcohol motifs (C(OH)–C–C–N with tert-alkyl or cyclic N) is 1. The zero-order valence-corrected chi connectivity index (χ0v) is 13.2. The van der Waals surface area contributed by atoms with Gasteiger partial charge in [-0.3, -0.25) is 0 Å². The van der Waals surface area contributed by atoms with Gasteiger partial charge in [0.05, 0.1) is 17.8 Å². The third kappa shape index (κ3) is 3.71. The fraction of sp³-hybridized carbons (Fsp3) is 0.412. The Balaban J connectivity index is 1.61. The monoisotopic (exact) mass is 314 g/mol. The van der Waals surface area contributed by atoms with Crippen molar-refractivity contribution < 1.29 is 9.90 Å². The summed E-state index contributed by atoms with van der Waals surface area (Å²) in [4.78, 5) is 14.0. The highest BCUT2D eigenvalue weighted by atomic mass is 16.3. The second-order valence-electron chi connectivity index (χ2n) is 5.96. The zero-order chi connectivity index (χ0) is 16.2. The number of aliphatic hydroxyl groups is 1. The molecule has 1 aromatic carbocycles. The first-order valence-corrected chi connectivity index (χ1v) is 7.97. The summed E-state index contributed by atoms with van der Waals surface area (Å²) in [5.41, 5.74) is 2.02. The number of benzene rings is 1. The van der Waals surface area contributed by atoms with Gasteiger partial charge in [-0.05, 0) is 43.5 Å². The van der Waals surface area contributed by atoms with Crippen molar-refractivity contribution in [1.82, 2.24) is 20.0 Å². The molecule has 6 nitrogen and oxygen atoms in total. The summed E-state index contributed by atoms with van der Waals surface area (Å²) in [6.45, 7) is 3.08. The first kappa shape index (κ1) is 15.6. The molecular weight excluding hydrogens is 292 g/mol. The largest absolute Gasteiger partial charge is 0.391 e. The lowest BCUT2D eigenvalue weighted by Crippen LogP contribution is -2.47. The lowest BCUT2D eigenvalue weighted by molar-refractivity contribution is 0.0835. The number of rotatable bonds is 3. The van der Waals surface area contributed by atoms with Crippen LogP contribution in [0.2, 0.25) is 0 Å². The van der Waals surface area contributed by atoms with Gasteiger partial charge in [-0.15, -0.1) is 0 Å². The summed E-state index contributed by atoms with van der Waals surface area (Å²) in [6.07, 6.45) is 4.85. The first-order valence-electron chi connectivity index (χ1n) is 7.97. The van der Waals surface area contributed by atoms with Gasteiger partial charge >= 0.3 is 6.03 Å². The predicted molar refractivity (Wildman–Crippen MR) is 87.3 cm³/mol. The Labute approximate surface area is 135 Å². The lowest BCUT2D eigenvalue weighted by atomic mass is 10.1. The molecule has 0 saturated carbocycles. The quantitative estimate of drug-likeness (QED) is 0.911. The van der Waals surface area contributed by atoms with Gasteiger partial charge in [-0.2, -0.15) is 5.10 Å². The molecule has 2 heterocycles. The Kier molecular flexibility index (Phi) is 4.62. The summed E-state index contributed by atoms with van der Waals surface area (Å²) in [6, 6.07) is 9.62. The van der Waals surface area contributed by atoms with Crippen molar-refractivity contribution in [3.05, 3.63) is 48.3 Å². The molecule has 1 aliphatic heterocycles. The van der Waals surface area contributed by atoms with Gasteiger partial charge in [0, 0.05) is 25.5 Å². The van der Waals surface area contributed by atoms with Gasteiger partial charge in [0.25, 0.3) is 0 Å². The van der Waals surface area contributed by atoms with Crippen molar-refractivity contribution in [2.75, 3.05) is 13.1 Å². The van der Waals surface area contributed by atoms with Crippen LogP contribution in [0.15, 0.2) is 42.7 Å². The number of aliphatic hydroxyl groups excluding tert-OH is 1. The molecule has 1 saturated heterocycles. The highest BCUT2D eigenvalue weighted by Gasteiger charge is 2.23. The molecule has 122 valence electrons. The number of nitrogens with one attached hydrogen (secondary N) is 1. The van der Waals surface area contributed by atoms with E-state index in [0.29, 0.717) is 13.1 Å². The number of likely N-dealkylation sites (tertiary alicyclic amines) is 1. The second-order valence-corrected chi connectivity index (χ2v) is 5.96. The summed E-state index contributed by atoms with van der Waals surface area (Å²) >= 11 is 0. The Bertz CT molecular complexity index is 639. The predicted octanol–water partition coefficient (Wildman–Crippen LogP) is 2.10. The van der Waals surface area contributed by atoms with Crippen LogP contribution in [-0.4, -0.2) is 45.0 Å². The minimum absolute atomic E-state index is 0.0896. The summed E-state index contributed by atoms with van der Waals surface area (Å²) in [7, 11) is 0. The van der Waals surface area contributed by atoms with Crippen molar-refractivity contribution in [3.8, 4) is 5.69 Å². The molecule has 2 amide bonds. The molecule has 2 N–H and O–H groups in total. The summed E-state index contributed by atoms with van der Waals surface area (Å²) in [5.74, 6) is 0. The topological polar surface area (TPSA) is 70.4 Å². The van der Waals surface area contributed by atoms with Crippen molar-refractivity contribution >= 4 is 6.03 Å². The zero-order valence-electron chi connectivity index (χ0n) is 13.2. The lowest BCUT2D eigenvalue weighted by Gasteiger charge is -2.31. The number of piperidine rings is 1. The van der Waals surface area contributed by atoms with Crippen LogP contribution in [0, 0.1) is 0 Å². The van der Waals surface area contributed by atoms with E-state index >= 15 is 0 Å². The Morgan fingerprint density at radius 1 is 1.39 bits per heavy atom. The molecule has 0 aliphatic carbocycles. The molecule has 6 heteroatoms. The molecule has 2 atom stereocenters. The van der Waals surface area contributed by atoms with Crippen LogP contribution in [-0.2, 0) is 0 Å². The number of urea groups is 1. The number of aromatic nitrogens is 2. The SMILES string of the molecule is CC(NC(=O)N1CCCC(O)C1)c1ccc(-n2cccn2)cc1. The molecule has 2 aromatic rings. The van der Waals surface area contributed by atoms with Crippen molar-refractivity contribution in [1.29, 1.82) is 0 Å². The van der Waals surface area contributed by atoms with Gasteiger partial charge in [-0.25, -0.2) is 9.48 Å². The molecule has 3 rings (SSSR count). The first-order chi connectivity index (χ1) is 11.1. The van der Waals surface area contributed by atoms with Gasteiger partial charge in [0.2, 0.25) is 0 Å². The molecule has 1 aromatic heterocycles. The van der Waals surface area contributed by atoms with Crippen molar-refractivity contribution in [3.63, 3.8) is 0 Å². The highest BCUT2D eigenvalue weighted by Crippen LogP contribution is 2.17. The molecular formula is C17H22N4O2. The van der Waals surface area contributed by atoms with Crippen LogP contribution in [0.5, 0.6) is 0 Å². The Morgan fingerprint density at radius 2 is 2.17 bits per heavy atom. The van der Waals surface area contributed by atoms with E-state index in [1.165, 1.54) is 0 Å². The minimum atomic E-state index is -0.404. The number of amides is 2. The average Bonchev–Trinajstić information content (AvgIpc) is 3.09. The van der Waals surface area contributed by atoms with Crippen LogP contribution < -0.4 is 5.32 Å². The van der Waals surface area contributed by atoms with E-state index in [9.17, 15) is 9.90 Å². The third-order valence-electron chi connectivity index (χ3n) is 4.19. The van der Waals surface area contributed by atoms with Crippen LogP contribution >= 0.6 is 0 Å². The molecule has 0 spiro atoms. The van der Waals surface area contributed by atoms with Crippen LogP contribution in [0.25, 0.3) is 5.69 Å². The number of carbonyl (C=O) groups excluding carboxylic acids is 1. The molecule has 1 aliphatic rings. The van der Waals surface area contributed by atoms with Crippen LogP contribution in [0.4, 0.5) is 4.79 Å². The summed E-state index contributed by atoms with van der Waals surface area (Å²) in [5, 5.41) is 16.9. The van der Waals surface area contributed by atoms with Gasteiger partial charge < -0.3 is 15.3 Å². The van der Waals surface area contributed by atoms with E-state index in [-0.39, 0.29) is 12.1 Å². The minimum Gasteiger partial charge on any atom is -0.391 e. The molecule has 0 bridgehead atoms. The maximum absolute atomic E-state index is 12.3. The van der Waals surface area contributed by atoms with E-state index in [1.54, 1.807) is 15.8 Å². The number of hydrogen-bond donors (Lipinski definition) is 2. The van der Waals surface area contributed by atoms with E-state index in [0.717, 1.165) is 24.1 Å². The maximum atomic E-state index is 12.3. The Hall–Kier alpha value is -2.34. The van der Waals surface area contributed by atoms with Gasteiger partial charge in [-0.1, -0.05) is 12.1 Å². The van der Waals surface area contributed by atoms with Crippen molar-refractivity contribution in [2.45, 2.75) is 31.9 Å². The molecule has 1 fully saturated rings. The molecule has 0 radical (unpaired) electrons. The van der Waals surface area contributed by atoms with E-state index < -0.39 is 6.10 Å². The smallest absolute Gasteiger partial charge is 0.317 e.